The molecule has 0 amide bonds. The smallest absolute Gasteiger partial charge is 0.206 e. The molecule has 0 bridgehead atoms. The topological polar surface area (TPSA) is 74.8 Å². The van der Waals surface area contributed by atoms with Crippen LogP contribution in [0.25, 0.3) is 11.4 Å². The Morgan fingerprint density at radius 3 is 2.74 bits per heavy atom. The van der Waals surface area contributed by atoms with E-state index in [1.807, 2.05) is 38.1 Å². The lowest BCUT2D eigenvalue weighted by atomic mass is 10.1. The Labute approximate surface area is 162 Å². The van der Waals surface area contributed by atoms with Crippen LogP contribution in [-0.4, -0.2) is 44.3 Å². The predicted molar refractivity (Wildman–Crippen MR) is 103 cm³/mol. The molecule has 7 nitrogen and oxygen atoms in total. The third kappa shape index (κ3) is 3.94. The number of ketones is 1. The van der Waals surface area contributed by atoms with Crippen LogP contribution in [0.4, 0.5) is 0 Å². The Kier molecular flexibility index (Phi) is 5.72. The van der Waals surface area contributed by atoms with E-state index in [0.29, 0.717) is 28.6 Å². The summed E-state index contributed by atoms with van der Waals surface area (Å²) in [6.45, 7) is 6.58. The molecule has 1 atom stereocenters. The molecular weight excluding hydrogens is 366 g/mol. The summed E-state index contributed by atoms with van der Waals surface area (Å²) >= 11 is 6.17. The number of carbonyl (C=O) groups excluding carboxylic acids is 1. The van der Waals surface area contributed by atoms with E-state index in [0.717, 1.165) is 11.4 Å². The van der Waals surface area contributed by atoms with Crippen molar-refractivity contribution >= 4 is 17.4 Å². The van der Waals surface area contributed by atoms with Crippen molar-refractivity contribution in [2.24, 2.45) is 0 Å². The number of carbonyl (C=O) groups is 1. The molecule has 0 unspecified atom stereocenters. The molecule has 142 valence electrons. The Bertz CT molecular complexity index is 963. The maximum atomic E-state index is 12.8. The number of hydrogen-bond acceptors (Lipinski definition) is 5. The van der Waals surface area contributed by atoms with Gasteiger partial charge in [0.05, 0.1) is 17.7 Å². The lowest BCUT2D eigenvalue weighted by Gasteiger charge is -2.17. The van der Waals surface area contributed by atoms with Crippen molar-refractivity contribution in [2.75, 3.05) is 13.7 Å². The highest BCUT2D eigenvalue weighted by atomic mass is 35.5. The van der Waals surface area contributed by atoms with Crippen LogP contribution in [0.2, 0.25) is 5.02 Å². The second-order valence-electron chi connectivity index (χ2n) is 6.51. The van der Waals surface area contributed by atoms with Crippen LogP contribution in [0.3, 0.4) is 0 Å². The molecule has 3 rings (SSSR count). The van der Waals surface area contributed by atoms with Gasteiger partial charge in [-0.05, 0) is 44.2 Å². The van der Waals surface area contributed by atoms with E-state index in [1.165, 1.54) is 4.80 Å². The third-order valence-corrected chi connectivity index (χ3v) is 4.82. The minimum Gasteiger partial charge on any atom is -0.383 e. The van der Waals surface area contributed by atoms with Gasteiger partial charge in [0.25, 0.3) is 0 Å². The first-order valence-electron chi connectivity index (χ1n) is 8.65. The molecule has 0 saturated heterocycles. The molecule has 0 N–H and O–H groups in total. The number of methoxy groups -OCH3 is 1. The second kappa shape index (κ2) is 8.02. The molecule has 0 spiro atoms. The largest absolute Gasteiger partial charge is 0.383 e. The van der Waals surface area contributed by atoms with E-state index in [4.69, 9.17) is 16.3 Å². The van der Waals surface area contributed by atoms with Crippen LogP contribution in [0.1, 0.15) is 34.7 Å². The number of Topliss-reactive ketones (excluding diaryl/α,β-unsaturated/α-hetero) is 1. The molecule has 3 aromatic rings. The molecule has 1 aromatic carbocycles. The van der Waals surface area contributed by atoms with E-state index in [9.17, 15) is 4.79 Å². The summed E-state index contributed by atoms with van der Waals surface area (Å²) in [6.07, 6.45) is 0. The lowest BCUT2D eigenvalue weighted by molar-refractivity contribution is 0.0960. The molecule has 27 heavy (non-hydrogen) atoms. The molecule has 0 aliphatic rings. The SMILES string of the molecule is COC[C@H](C)n1c(C)cc(C(=O)Cn2nnc(-c3ccccc3Cl)n2)c1C. The zero-order valence-electron chi connectivity index (χ0n) is 15.8. The van der Waals surface area contributed by atoms with E-state index in [1.54, 1.807) is 13.2 Å². The average Bonchev–Trinajstić information content (AvgIpc) is 3.19. The van der Waals surface area contributed by atoms with Gasteiger partial charge >= 0.3 is 0 Å². The number of nitrogens with zero attached hydrogens (tertiary/aromatic N) is 5. The molecule has 2 aromatic heterocycles. The third-order valence-electron chi connectivity index (χ3n) is 4.49. The number of ether oxygens (including phenoxy) is 1. The van der Waals surface area contributed by atoms with E-state index in [2.05, 4.69) is 26.9 Å². The fourth-order valence-corrected chi connectivity index (χ4v) is 3.55. The molecular formula is C19H22ClN5O2. The molecule has 0 fully saturated rings. The van der Waals surface area contributed by atoms with Gasteiger partial charge < -0.3 is 9.30 Å². The highest BCUT2D eigenvalue weighted by Crippen LogP contribution is 2.24. The van der Waals surface area contributed by atoms with Gasteiger partial charge in [-0.3, -0.25) is 4.79 Å². The van der Waals surface area contributed by atoms with Crippen LogP contribution >= 0.6 is 11.6 Å². The van der Waals surface area contributed by atoms with Crippen molar-refractivity contribution in [1.29, 1.82) is 0 Å². The summed E-state index contributed by atoms with van der Waals surface area (Å²) in [5.74, 6) is 0.328. The Balaban J connectivity index is 1.81. The average molecular weight is 388 g/mol. The van der Waals surface area contributed by atoms with E-state index < -0.39 is 0 Å². The Hall–Kier alpha value is -2.51. The number of hydrogen-bond donors (Lipinski definition) is 0. The van der Waals surface area contributed by atoms with Crippen molar-refractivity contribution in [3.8, 4) is 11.4 Å². The highest BCUT2D eigenvalue weighted by Gasteiger charge is 2.20. The quantitative estimate of drug-likeness (QED) is 0.580. The maximum Gasteiger partial charge on any atom is 0.206 e. The van der Waals surface area contributed by atoms with Gasteiger partial charge in [0, 0.05) is 29.6 Å². The number of benzene rings is 1. The zero-order chi connectivity index (χ0) is 19.6. The van der Waals surface area contributed by atoms with Crippen LogP contribution in [0.5, 0.6) is 0 Å². The molecule has 0 aliphatic carbocycles. The molecule has 8 heteroatoms. The Morgan fingerprint density at radius 1 is 1.30 bits per heavy atom. The maximum absolute atomic E-state index is 12.8. The predicted octanol–water partition coefficient (Wildman–Crippen LogP) is 3.50. The first-order valence-corrected chi connectivity index (χ1v) is 9.03. The monoisotopic (exact) mass is 387 g/mol. The van der Waals surface area contributed by atoms with Crippen molar-refractivity contribution in [2.45, 2.75) is 33.4 Å². The van der Waals surface area contributed by atoms with Gasteiger partial charge in [-0.1, -0.05) is 23.7 Å². The molecule has 0 saturated carbocycles. The van der Waals surface area contributed by atoms with Crippen molar-refractivity contribution < 1.29 is 9.53 Å². The number of aryl methyl sites for hydroxylation is 1. The van der Waals surface area contributed by atoms with Crippen LogP contribution in [0, 0.1) is 13.8 Å². The van der Waals surface area contributed by atoms with Gasteiger partial charge in [0.15, 0.2) is 5.78 Å². The van der Waals surface area contributed by atoms with Gasteiger partial charge in [0.1, 0.15) is 6.54 Å². The van der Waals surface area contributed by atoms with Gasteiger partial charge in [-0.15, -0.1) is 10.2 Å². The van der Waals surface area contributed by atoms with E-state index in [-0.39, 0.29) is 18.4 Å². The second-order valence-corrected chi connectivity index (χ2v) is 6.91. The number of rotatable bonds is 7. The number of aromatic nitrogens is 5. The van der Waals surface area contributed by atoms with Gasteiger partial charge in [0.2, 0.25) is 5.82 Å². The molecule has 2 heterocycles. The standard InChI is InChI=1S/C19H22ClN5O2/c1-12-9-16(14(3)25(12)13(2)11-27-4)18(26)10-24-22-19(21-23-24)15-7-5-6-8-17(15)20/h5-9,13H,10-11H2,1-4H3/t13-/m0/s1. The number of halogens is 1. The van der Waals surface area contributed by atoms with Crippen molar-refractivity contribution in [3.05, 3.63) is 52.3 Å². The Morgan fingerprint density at radius 2 is 2.04 bits per heavy atom. The number of tetrazole rings is 1. The minimum absolute atomic E-state index is 0.0143. The summed E-state index contributed by atoms with van der Waals surface area (Å²) in [5.41, 5.74) is 3.27. The molecule has 0 aliphatic heterocycles. The van der Waals surface area contributed by atoms with Crippen LogP contribution in [0.15, 0.2) is 30.3 Å². The fraction of sp³-hybridized carbons (Fsp3) is 0.368. The van der Waals surface area contributed by atoms with Gasteiger partial charge in [-0.25, -0.2) is 0 Å². The molecule has 0 radical (unpaired) electrons. The van der Waals surface area contributed by atoms with Crippen molar-refractivity contribution in [1.82, 2.24) is 24.8 Å². The van der Waals surface area contributed by atoms with Crippen molar-refractivity contribution in [3.63, 3.8) is 0 Å². The summed E-state index contributed by atoms with van der Waals surface area (Å²) in [4.78, 5) is 14.1. The first kappa shape index (κ1) is 19.3. The summed E-state index contributed by atoms with van der Waals surface area (Å²) in [7, 11) is 1.67. The minimum atomic E-state index is -0.0675. The fourth-order valence-electron chi connectivity index (χ4n) is 3.33. The highest BCUT2D eigenvalue weighted by molar-refractivity contribution is 6.33. The lowest BCUT2D eigenvalue weighted by Crippen LogP contribution is -2.16. The normalized spacial score (nSPS) is 12.3. The zero-order valence-corrected chi connectivity index (χ0v) is 16.6. The van der Waals surface area contributed by atoms with Crippen LogP contribution in [-0.2, 0) is 11.3 Å². The van der Waals surface area contributed by atoms with Gasteiger partial charge in [-0.2, -0.15) is 4.80 Å². The first-order chi connectivity index (χ1) is 12.9. The summed E-state index contributed by atoms with van der Waals surface area (Å²) < 4.78 is 7.35. The van der Waals surface area contributed by atoms with E-state index >= 15 is 0 Å². The van der Waals surface area contributed by atoms with Crippen LogP contribution < -0.4 is 0 Å². The summed E-state index contributed by atoms with van der Waals surface area (Å²) in [6, 6.07) is 9.31. The summed E-state index contributed by atoms with van der Waals surface area (Å²) in [5, 5.41) is 12.8.